The largest absolute Gasteiger partial charge is 0.375 e. The summed E-state index contributed by atoms with van der Waals surface area (Å²) in [5.74, 6) is 1.23. The van der Waals surface area contributed by atoms with E-state index < -0.39 is 0 Å². The first-order chi connectivity index (χ1) is 7.75. The molecular formula is C16H31N. The molecule has 0 unspecified atom stereocenters. The SMILES string of the molecule is C=C(CCN(/C=C(\C)C(C)C)C(C)C)C(C)C. The third-order valence-corrected chi connectivity index (χ3v) is 3.45. The molecule has 0 saturated carbocycles. The zero-order chi connectivity index (χ0) is 13.6. The Labute approximate surface area is 109 Å². The number of allylic oxidation sites excluding steroid dienone is 1. The molecule has 0 spiro atoms. The highest BCUT2D eigenvalue weighted by Gasteiger charge is 2.08. The molecule has 0 bridgehead atoms. The quantitative estimate of drug-likeness (QED) is 0.572. The van der Waals surface area contributed by atoms with Gasteiger partial charge in [-0.05, 0) is 45.2 Å². The Morgan fingerprint density at radius 2 is 1.59 bits per heavy atom. The van der Waals surface area contributed by atoms with Crippen molar-refractivity contribution in [3.63, 3.8) is 0 Å². The van der Waals surface area contributed by atoms with Crippen molar-refractivity contribution in [3.05, 3.63) is 23.9 Å². The third-order valence-electron chi connectivity index (χ3n) is 3.45. The summed E-state index contributed by atoms with van der Waals surface area (Å²) in [4.78, 5) is 2.43. The molecular weight excluding hydrogens is 206 g/mol. The van der Waals surface area contributed by atoms with Crippen LogP contribution in [0.4, 0.5) is 0 Å². The molecule has 0 N–H and O–H groups in total. The van der Waals surface area contributed by atoms with Gasteiger partial charge >= 0.3 is 0 Å². The second-order valence-corrected chi connectivity index (χ2v) is 5.92. The molecule has 100 valence electrons. The smallest absolute Gasteiger partial charge is 0.0227 e. The van der Waals surface area contributed by atoms with Crippen LogP contribution in [0, 0.1) is 11.8 Å². The second kappa shape index (κ2) is 7.58. The molecule has 17 heavy (non-hydrogen) atoms. The van der Waals surface area contributed by atoms with Gasteiger partial charge in [0.15, 0.2) is 0 Å². The summed E-state index contributed by atoms with van der Waals surface area (Å²) in [6.45, 7) is 20.9. The highest BCUT2D eigenvalue weighted by atomic mass is 15.1. The van der Waals surface area contributed by atoms with Crippen LogP contribution in [0.25, 0.3) is 0 Å². The van der Waals surface area contributed by atoms with Gasteiger partial charge in [0.2, 0.25) is 0 Å². The maximum Gasteiger partial charge on any atom is 0.0227 e. The number of hydrogen-bond acceptors (Lipinski definition) is 1. The van der Waals surface area contributed by atoms with E-state index in [0.717, 1.165) is 13.0 Å². The standard InChI is InChI=1S/C16H31N/c1-12(2)15(7)9-10-17(14(5)6)11-16(8)13(3)4/h11-14H,7,9-10H2,1-6,8H3/b16-11+. The molecule has 0 atom stereocenters. The van der Waals surface area contributed by atoms with E-state index in [0.29, 0.717) is 17.9 Å². The fourth-order valence-corrected chi connectivity index (χ4v) is 1.44. The van der Waals surface area contributed by atoms with Gasteiger partial charge in [-0.15, -0.1) is 0 Å². The van der Waals surface area contributed by atoms with Crippen molar-refractivity contribution in [2.24, 2.45) is 11.8 Å². The van der Waals surface area contributed by atoms with Crippen LogP contribution in [0.15, 0.2) is 23.9 Å². The van der Waals surface area contributed by atoms with Crippen molar-refractivity contribution >= 4 is 0 Å². The number of rotatable bonds is 7. The zero-order valence-corrected chi connectivity index (χ0v) is 12.9. The van der Waals surface area contributed by atoms with Gasteiger partial charge in [-0.1, -0.05) is 45.4 Å². The van der Waals surface area contributed by atoms with Gasteiger partial charge in [-0.3, -0.25) is 0 Å². The second-order valence-electron chi connectivity index (χ2n) is 5.92. The molecule has 0 heterocycles. The molecule has 0 amide bonds. The number of hydrogen-bond donors (Lipinski definition) is 0. The Balaban J connectivity index is 4.46. The third kappa shape index (κ3) is 6.55. The maximum atomic E-state index is 4.15. The molecule has 0 rings (SSSR count). The van der Waals surface area contributed by atoms with Gasteiger partial charge in [0.1, 0.15) is 0 Å². The summed E-state index contributed by atoms with van der Waals surface area (Å²) in [5.41, 5.74) is 2.81. The van der Waals surface area contributed by atoms with Gasteiger partial charge in [0.25, 0.3) is 0 Å². The lowest BCUT2D eigenvalue weighted by Gasteiger charge is -2.27. The summed E-state index contributed by atoms with van der Waals surface area (Å²) in [7, 11) is 0. The molecule has 1 nitrogen and oxygen atoms in total. The van der Waals surface area contributed by atoms with Gasteiger partial charge in [-0.2, -0.15) is 0 Å². The zero-order valence-electron chi connectivity index (χ0n) is 12.9. The van der Waals surface area contributed by atoms with Crippen LogP contribution in [0.3, 0.4) is 0 Å². The highest BCUT2D eigenvalue weighted by Crippen LogP contribution is 2.15. The first-order valence-corrected chi connectivity index (χ1v) is 6.87. The Morgan fingerprint density at radius 3 is 1.94 bits per heavy atom. The lowest BCUT2D eigenvalue weighted by Crippen LogP contribution is -2.27. The van der Waals surface area contributed by atoms with Crippen molar-refractivity contribution in [2.45, 2.75) is 60.9 Å². The van der Waals surface area contributed by atoms with Gasteiger partial charge in [0.05, 0.1) is 0 Å². The lowest BCUT2D eigenvalue weighted by molar-refractivity contribution is 0.307. The molecule has 0 aliphatic rings. The summed E-state index contributed by atoms with van der Waals surface area (Å²) in [6.07, 6.45) is 3.42. The van der Waals surface area contributed by atoms with E-state index >= 15 is 0 Å². The minimum absolute atomic E-state index is 0.559. The van der Waals surface area contributed by atoms with Gasteiger partial charge in [0, 0.05) is 12.6 Å². The van der Waals surface area contributed by atoms with E-state index in [9.17, 15) is 0 Å². The van der Waals surface area contributed by atoms with Crippen molar-refractivity contribution in [2.75, 3.05) is 6.54 Å². The molecule has 0 saturated heterocycles. The van der Waals surface area contributed by atoms with Crippen molar-refractivity contribution in [3.8, 4) is 0 Å². The average molecular weight is 237 g/mol. The molecule has 1 heteroatoms. The summed E-state index contributed by atoms with van der Waals surface area (Å²) in [6, 6.07) is 0.559. The van der Waals surface area contributed by atoms with Crippen LogP contribution in [0.2, 0.25) is 0 Å². The Hall–Kier alpha value is -0.720. The van der Waals surface area contributed by atoms with E-state index in [1.165, 1.54) is 11.1 Å². The fraction of sp³-hybridized carbons (Fsp3) is 0.750. The normalized spacial score (nSPS) is 12.7. The Kier molecular flexibility index (Phi) is 7.26. The maximum absolute atomic E-state index is 4.15. The van der Waals surface area contributed by atoms with Crippen molar-refractivity contribution in [1.29, 1.82) is 0 Å². The monoisotopic (exact) mass is 237 g/mol. The highest BCUT2D eigenvalue weighted by molar-refractivity contribution is 5.03. The summed E-state index contributed by atoms with van der Waals surface area (Å²) >= 11 is 0. The molecule has 0 fully saturated rings. The van der Waals surface area contributed by atoms with Crippen LogP contribution < -0.4 is 0 Å². The van der Waals surface area contributed by atoms with Crippen LogP contribution in [-0.2, 0) is 0 Å². The molecule has 0 radical (unpaired) electrons. The molecule has 0 aromatic rings. The Morgan fingerprint density at radius 1 is 1.06 bits per heavy atom. The molecule has 0 aromatic carbocycles. The summed E-state index contributed by atoms with van der Waals surface area (Å²) < 4.78 is 0. The van der Waals surface area contributed by atoms with E-state index in [1.54, 1.807) is 0 Å². The molecule has 0 aromatic heterocycles. The Bertz CT molecular complexity index is 259. The van der Waals surface area contributed by atoms with Crippen LogP contribution in [0.1, 0.15) is 54.9 Å². The minimum Gasteiger partial charge on any atom is -0.375 e. The fourth-order valence-electron chi connectivity index (χ4n) is 1.44. The van der Waals surface area contributed by atoms with Gasteiger partial charge < -0.3 is 4.90 Å². The van der Waals surface area contributed by atoms with Crippen molar-refractivity contribution in [1.82, 2.24) is 4.90 Å². The van der Waals surface area contributed by atoms with Crippen LogP contribution in [0.5, 0.6) is 0 Å². The first-order valence-electron chi connectivity index (χ1n) is 6.87. The topological polar surface area (TPSA) is 3.24 Å². The van der Waals surface area contributed by atoms with Crippen LogP contribution >= 0.6 is 0 Å². The van der Waals surface area contributed by atoms with E-state index in [-0.39, 0.29) is 0 Å². The average Bonchev–Trinajstić information content (AvgIpc) is 2.22. The summed E-state index contributed by atoms with van der Waals surface area (Å²) in [5, 5.41) is 0. The predicted octanol–water partition coefficient (Wildman–Crippen LogP) is 4.86. The van der Waals surface area contributed by atoms with Crippen LogP contribution in [-0.4, -0.2) is 17.5 Å². The minimum atomic E-state index is 0.559. The van der Waals surface area contributed by atoms with E-state index in [1.807, 2.05) is 0 Å². The number of nitrogens with zero attached hydrogens (tertiary/aromatic N) is 1. The predicted molar refractivity (Wildman–Crippen MR) is 79.0 cm³/mol. The lowest BCUT2D eigenvalue weighted by atomic mass is 10.0. The molecule has 0 aliphatic carbocycles. The van der Waals surface area contributed by atoms with Crippen molar-refractivity contribution < 1.29 is 0 Å². The van der Waals surface area contributed by atoms with Gasteiger partial charge in [-0.25, -0.2) is 0 Å². The van der Waals surface area contributed by atoms with E-state index in [4.69, 9.17) is 0 Å². The first kappa shape index (κ1) is 16.3. The molecule has 0 aliphatic heterocycles. The van der Waals surface area contributed by atoms with E-state index in [2.05, 4.69) is 66.1 Å².